The fourth-order valence-electron chi connectivity index (χ4n) is 1.47. The minimum atomic E-state index is -0.529. The first-order valence-corrected chi connectivity index (χ1v) is 6.94. The standard InChI is InChI=1S/C11H8Cl2N2O3S/c12-6-2-1-3-7(13)10(6)14-8(16)4-15-9(17)5-19-11(15)18/h1-3H,4-5H2,(H,14,16). The van der Waals surface area contributed by atoms with Crippen molar-refractivity contribution in [3.05, 3.63) is 28.2 Å². The number of hydrogen-bond donors (Lipinski definition) is 1. The second-order valence-corrected chi connectivity index (χ2v) is 5.42. The first kappa shape index (κ1) is 14.2. The summed E-state index contributed by atoms with van der Waals surface area (Å²) >= 11 is 12.7. The monoisotopic (exact) mass is 318 g/mol. The molecule has 1 heterocycles. The van der Waals surface area contributed by atoms with Crippen LogP contribution < -0.4 is 5.32 Å². The third kappa shape index (κ3) is 3.20. The van der Waals surface area contributed by atoms with Crippen molar-refractivity contribution in [2.24, 2.45) is 0 Å². The van der Waals surface area contributed by atoms with E-state index in [0.717, 1.165) is 16.7 Å². The molecule has 1 aliphatic heterocycles. The molecule has 1 N–H and O–H groups in total. The molecule has 0 spiro atoms. The van der Waals surface area contributed by atoms with Gasteiger partial charge in [-0.3, -0.25) is 19.3 Å². The summed E-state index contributed by atoms with van der Waals surface area (Å²) in [6, 6.07) is 4.79. The van der Waals surface area contributed by atoms with Gasteiger partial charge in [-0.1, -0.05) is 41.0 Å². The molecule has 0 aromatic heterocycles. The summed E-state index contributed by atoms with van der Waals surface area (Å²) in [6.45, 7) is -0.341. The molecule has 1 aromatic carbocycles. The molecule has 1 saturated heterocycles. The van der Waals surface area contributed by atoms with E-state index in [1.54, 1.807) is 18.2 Å². The molecule has 5 nitrogen and oxygen atoms in total. The van der Waals surface area contributed by atoms with Crippen LogP contribution in [0.15, 0.2) is 18.2 Å². The van der Waals surface area contributed by atoms with Gasteiger partial charge in [0.05, 0.1) is 21.5 Å². The van der Waals surface area contributed by atoms with Crippen LogP contribution in [0.2, 0.25) is 10.0 Å². The largest absolute Gasteiger partial charge is 0.322 e. The Labute approximate surface area is 123 Å². The highest BCUT2D eigenvalue weighted by Gasteiger charge is 2.31. The number of para-hydroxylation sites is 1. The number of thioether (sulfide) groups is 1. The lowest BCUT2D eigenvalue weighted by Crippen LogP contribution is -2.36. The Morgan fingerprint density at radius 2 is 1.95 bits per heavy atom. The lowest BCUT2D eigenvalue weighted by molar-refractivity contribution is -0.128. The van der Waals surface area contributed by atoms with Gasteiger partial charge in [-0.2, -0.15) is 0 Å². The van der Waals surface area contributed by atoms with Crippen LogP contribution in [-0.4, -0.2) is 34.3 Å². The average Bonchev–Trinajstić information content (AvgIpc) is 2.66. The van der Waals surface area contributed by atoms with E-state index in [-0.39, 0.29) is 33.9 Å². The molecular weight excluding hydrogens is 311 g/mol. The number of carbonyl (C=O) groups is 3. The highest BCUT2D eigenvalue weighted by Crippen LogP contribution is 2.29. The molecule has 19 heavy (non-hydrogen) atoms. The van der Waals surface area contributed by atoms with E-state index < -0.39 is 11.1 Å². The second kappa shape index (κ2) is 5.81. The van der Waals surface area contributed by atoms with Crippen LogP contribution in [0.1, 0.15) is 0 Å². The van der Waals surface area contributed by atoms with Crippen molar-refractivity contribution in [3.8, 4) is 0 Å². The topological polar surface area (TPSA) is 66.5 Å². The number of nitrogens with zero attached hydrogens (tertiary/aromatic N) is 1. The van der Waals surface area contributed by atoms with E-state index in [2.05, 4.69) is 5.32 Å². The predicted molar refractivity (Wildman–Crippen MR) is 74.7 cm³/mol. The summed E-state index contributed by atoms with van der Waals surface area (Å²) in [5.74, 6) is -0.839. The van der Waals surface area contributed by atoms with Crippen LogP contribution in [0.25, 0.3) is 0 Å². The van der Waals surface area contributed by atoms with Crippen LogP contribution in [-0.2, 0) is 9.59 Å². The summed E-state index contributed by atoms with van der Waals surface area (Å²) in [4.78, 5) is 35.4. The number of benzene rings is 1. The lowest BCUT2D eigenvalue weighted by atomic mass is 10.3. The van der Waals surface area contributed by atoms with Crippen LogP contribution >= 0.6 is 35.0 Å². The van der Waals surface area contributed by atoms with E-state index in [4.69, 9.17) is 23.2 Å². The highest BCUT2D eigenvalue weighted by atomic mass is 35.5. The van der Waals surface area contributed by atoms with Crippen LogP contribution in [0.4, 0.5) is 10.5 Å². The molecule has 0 bridgehead atoms. The maximum absolute atomic E-state index is 11.8. The Bertz CT molecular complexity index is 529. The fourth-order valence-corrected chi connectivity index (χ4v) is 2.69. The zero-order valence-corrected chi connectivity index (χ0v) is 11.8. The number of hydrogen-bond acceptors (Lipinski definition) is 4. The van der Waals surface area contributed by atoms with Gasteiger partial charge in [0.15, 0.2) is 0 Å². The Morgan fingerprint density at radius 1 is 1.32 bits per heavy atom. The number of amides is 3. The number of halogens is 2. The normalized spacial score (nSPS) is 14.9. The van der Waals surface area contributed by atoms with E-state index in [0.29, 0.717) is 0 Å². The third-order valence-corrected chi connectivity index (χ3v) is 3.86. The number of carbonyl (C=O) groups excluding carboxylic acids is 3. The molecule has 2 rings (SSSR count). The summed E-state index contributed by atoms with van der Waals surface area (Å²) in [5.41, 5.74) is 0.266. The molecule has 0 atom stereocenters. The molecule has 1 aliphatic rings. The quantitative estimate of drug-likeness (QED) is 0.930. The average molecular weight is 319 g/mol. The van der Waals surface area contributed by atoms with Gasteiger partial charge in [0.2, 0.25) is 11.8 Å². The summed E-state index contributed by atoms with van der Waals surface area (Å²) in [5, 5.41) is 2.64. The lowest BCUT2D eigenvalue weighted by Gasteiger charge is -2.13. The van der Waals surface area contributed by atoms with Gasteiger partial charge in [0.25, 0.3) is 5.24 Å². The van der Waals surface area contributed by atoms with Gasteiger partial charge >= 0.3 is 0 Å². The molecule has 8 heteroatoms. The minimum absolute atomic E-state index is 0.0684. The van der Waals surface area contributed by atoms with Gasteiger partial charge in [-0.15, -0.1) is 0 Å². The van der Waals surface area contributed by atoms with E-state index in [9.17, 15) is 14.4 Å². The molecule has 1 fully saturated rings. The molecule has 0 saturated carbocycles. The molecule has 0 aliphatic carbocycles. The molecule has 1 aromatic rings. The zero-order chi connectivity index (χ0) is 14.0. The molecule has 100 valence electrons. The molecule has 0 radical (unpaired) electrons. The van der Waals surface area contributed by atoms with Crippen LogP contribution in [0, 0.1) is 0 Å². The number of rotatable bonds is 3. The molecule has 3 amide bonds. The Balaban J connectivity index is 2.06. The Hall–Kier alpha value is -1.24. The zero-order valence-electron chi connectivity index (χ0n) is 9.48. The van der Waals surface area contributed by atoms with Crippen molar-refractivity contribution in [1.29, 1.82) is 0 Å². The highest BCUT2D eigenvalue weighted by molar-refractivity contribution is 8.14. The van der Waals surface area contributed by atoms with Gasteiger partial charge in [0.1, 0.15) is 6.54 Å². The first-order valence-electron chi connectivity index (χ1n) is 5.20. The summed E-state index contributed by atoms with van der Waals surface area (Å²) in [6.07, 6.45) is 0. The molecule has 0 unspecified atom stereocenters. The van der Waals surface area contributed by atoms with Gasteiger partial charge in [-0.05, 0) is 12.1 Å². The van der Waals surface area contributed by atoms with Gasteiger partial charge in [-0.25, -0.2) is 0 Å². The van der Waals surface area contributed by atoms with Crippen molar-refractivity contribution in [1.82, 2.24) is 4.90 Å². The number of anilines is 1. The maximum Gasteiger partial charge on any atom is 0.289 e. The van der Waals surface area contributed by atoms with E-state index >= 15 is 0 Å². The summed E-state index contributed by atoms with van der Waals surface area (Å²) < 4.78 is 0. The van der Waals surface area contributed by atoms with E-state index in [1.807, 2.05) is 0 Å². The minimum Gasteiger partial charge on any atom is -0.322 e. The number of nitrogens with one attached hydrogen (secondary N) is 1. The third-order valence-electron chi connectivity index (χ3n) is 2.37. The Morgan fingerprint density at radius 3 is 2.47 bits per heavy atom. The van der Waals surface area contributed by atoms with Crippen molar-refractivity contribution >= 4 is 57.7 Å². The van der Waals surface area contributed by atoms with Crippen molar-refractivity contribution in [2.75, 3.05) is 17.6 Å². The van der Waals surface area contributed by atoms with E-state index in [1.165, 1.54) is 0 Å². The first-order chi connectivity index (χ1) is 8.99. The van der Waals surface area contributed by atoms with Crippen molar-refractivity contribution in [3.63, 3.8) is 0 Å². The van der Waals surface area contributed by atoms with Crippen molar-refractivity contribution in [2.45, 2.75) is 0 Å². The van der Waals surface area contributed by atoms with Crippen LogP contribution in [0.3, 0.4) is 0 Å². The number of imide groups is 1. The predicted octanol–water partition coefficient (Wildman–Crippen LogP) is 2.63. The summed E-state index contributed by atoms with van der Waals surface area (Å²) in [7, 11) is 0. The smallest absolute Gasteiger partial charge is 0.289 e. The molecular formula is C11H8Cl2N2O3S. The maximum atomic E-state index is 11.8. The van der Waals surface area contributed by atoms with Crippen molar-refractivity contribution < 1.29 is 14.4 Å². The van der Waals surface area contributed by atoms with Crippen LogP contribution in [0.5, 0.6) is 0 Å². The fraction of sp³-hybridized carbons (Fsp3) is 0.182. The second-order valence-electron chi connectivity index (χ2n) is 3.68. The SMILES string of the molecule is O=C(CN1C(=O)CSC1=O)Nc1c(Cl)cccc1Cl. The van der Waals surface area contributed by atoms with Gasteiger partial charge in [0, 0.05) is 0 Å². The Kier molecular flexibility index (Phi) is 4.34. The van der Waals surface area contributed by atoms with Gasteiger partial charge < -0.3 is 5.32 Å².